The number of hydrogen-bond acceptors (Lipinski definition) is 7. The maximum atomic E-state index is 11.0. The molecule has 0 spiro atoms. The number of thiazole rings is 1. The fourth-order valence-corrected chi connectivity index (χ4v) is 3.70. The van der Waals surface area contributed by atoms with Crippen LogP contribution >= 0.6 is 22.9 Å². The number of hydrogen-bond donors (Lipinski definition) is 2. The maximum Gasteiger partial charge on any atom is 0.335 e. The van der Waals surface area contributed by atoms with Crippen LogP contribution in [0, 0.1) is 6.92 Å². The average Bonchev–Trinajstić information content (AvgIpc) is 3.39. The SMILES string of the molecule is C/C(=N\Nc1nc(-c2ccc(Cl)cc2)cs1)c1nnn(-c2ccc(C(=O)O)cc2)c1C. The summed E-state index contributed by atoms with van der Waals surface area (Å²) in [5, 5.41) is 25.1. The Morgan fingerprint density at radius 2 is 1.87 bits per heavy atom. The molecule has 0 bridgehead atoms. The summed E-state index contributed by atoms with van der Waals surface area (Å²) >= 11 is 7.38. The predicted octanol–water partition coefficient (Wildman–Crippen LogP) is 4.89. The van der Waals surface area contributed by atoms with Crippen molar-refractivity contribution in [2.75, 3.05) is 5.43 Å². The molecule has 31 heavy (non-hydrogen) atoms. The number of nitrogens with one attached hydrogen (secondary N) is 1. The number of carbonyl (C=O) groups is 1. The van der Waals surface area contributed by atoms with E-state index in [1.165, 1.54) is 23.5 Å². The number of rotatable bonds is 6. The van der Waals surface area contributed by atoms with Crippen LogP contribution in [0.4, 0.5) is 5.13 Å². The molecular formula is C21H17ClN6O2S. The van der Waals surface area contributed by atoms with Crippen LogP contribution in [0.15, 0.2) is 59.0 Å². The fourth-order valence-electron chi connectivity index (χ4n) is 2.92. The standard InChI is InChI=1S/C21H17ClN6O2S/c1-12(24-26-21-23-18(11-31-21)14-3-7-16(22)8-4-14)19-13(2)28(27-25-19)17-9-5-15(6-10-17)20(29)30/h3-11H,1-2H3,(H,23,26)(H,29,30)/b24-12+. The number of benzene rings is 2. The zero-order valence-electron chi connectivity index (χ0n) is 16.6. The number of aromatic carboxylic acids is 1. The predicted molar refractivity (Wildman–Crippen MR) is 121 cm³/mol. The lowest BCUT2D eigenvalue weighted by molar-refractivity contribution is 0.0697. The first-order chi connectivity index (χ1) is 14.9. The summed E-state index contributed by atoms with van der Waals surface area (Å²) < 4.78 is 1.64. The highest BCUT2D eigenvalue weighted by atomic mass is 35.5. The summed E-state index contributed by atoms with van der Waals surface area (Å²) in [7, 11) is 0. The van der Waals surface area contributed by atoms with Crippen LogP contribution < -0.4 is 5.43 Å². The van der Waals surface area contributed by atoms with E-state index in [0.717, 1.165) is 22.6 Å². The fraction of sp³-hybridized carbons (Fsp3) is 0.0952. The minimum atomic E-state index is -0.974. The van der Waals surface area contributed by atoms with Crippen molar-refractivity contribution in [1.29, 1.82) is 0 Å². The van der Waals surface area contributed by atoms with Crippen molar-refractivity contribution in [2.24, 2.45) is 5.10 Å². The Balaban J connectivity index is 1.50. The number of carboxylic acids is 1. The van der Waals surface area contributed by atoms with Gasteiger partial charge in [-0.15, -0.1) is 16.4 Å². The Bertz CT molecular complexity index is 1260. The molecule has 10 heteroatoms. The van der Waals surface area contributed by atoms with Crippen LogP contribution in [0.3, 0.4) is 0 Å². The molecule has 0 radical (unpaired) electrons. The van der Waals surface area contributed by atoms with Gasteiger partial charge >= 0.3 is 5.97 Å². The van der Waals surface area contributed by atoms with Gasteiger partial charge in [0.25, 0.3) is 0 Å². The van der Waals surface area contributed by atoms with Crippen LogP contribution in [0.2, 0.25) is 5.02 Å². The maximum absolute atomic E-state index is 11.0. The van der Waals surface area contributed by atoms with E-state index in [1.807, 2.05) is 43.5 Å². The molecule has 0 aliphatic rings. The number of nitrogens with zero attached hydrogens (tertiary/aromatic N) is 5. The van der Waals surface area contributed by atoms with E-state index in [1.54, 1.807) is 16.8 Å². The van der Waals surface area contributed by atoms with Gasteiger partial charge in [-0.25, -0.2) is 14.5 Å². The second-order valence-corrected chi connectivity index (χ2v) is 7.94. The Morgan fingerprint density at radius 1 is 1.16 bits per heavy atom. The Kier molecular flexibility index (Phi) is 5.79. The van der Waals surface area contributed by atoms with E-state index in [-0.39, 0.29) is 5.56 Å². The number of aromatic nitrogens is 4. The van der Waals surface area contributed by atoms with Crippen molar-refractivity contribution in [1.82, 2.24) is 20.0 Å². The van der Waals surface area contributed by atoms with Gasteiger partial charge < -0.3 is 5.11 Å². The van der Waals surface area contributed by atoms with Crippen LogP contribution in [-0.4, -0.2) is 36.8 Å². The molecule has 156 valence electrons. The van der Waals surface area contributed by atoms with Gasteiger partial charge in [0, 0.05) is 16.0 Å². The van der Waals surface area contributed by atoms with E-state index < -0.39 is 5.97 Å². The number of anilines is 1. The lowest BCUT2D eigenvalue weighted by atomic mass is 10.2. The van der Waals surface area contributed by atoms with E-state index in [4.69, 9.17) is 16.7 Å². The first-order valence-corrected chi connectivity index (χ1v) is 10.5. The highest BCUT2D eigenvalue weighted by molar-refractivity contribution is 7.14. The summed E-state index contributed by atoms with van der Waals surface area (Å²) in [5.41, 5.74) is 7.77. The number of halogens is 1. The highest BCUT2D eigenvalue weighted by Crippen LogP contribution is 2.26. The van der Waals surface area contributed by atoms with Gasteiger partial charge in [0.05, 0.1) is 28.4 Å². The lowest BCUT2D eigenvalue weighted by Crippen LogP contribution is -2.04. The van der Waals surface area contributed by atoms with E-state index in [9.17, 15) is 4.79 Å². The van der Waals surface area contributed by atoms with Crippen LogP contribution in [-0.2, 0) is 0 Å². The average molecular weight is 453 g/mol. The van der Waals surface area contributed by atoms with Gasteiger partial charge in [0.15, 0.2) is 0 Å². The molecular weight excluding hydrogens is 436 g/mol. The van der Waals surface area contributed by atoms with Crippen LogP contribution in [0.1, 0.15) is 28.7 Å². The van der Waals surface area contributed by atoms with Gasteiger partial charge in [0.1, 0.15) is 5.69 Å². The first kappa shape index (κ1) is 20.7. The minimum Gasteiger partial charge on any atom is -0.478 e. The van der Waals surface area contributed by atoms with E-state index in [2.05, 4.69) is 25.8 Å². The molecule has 0 unspecified atom stereocenters. The Morgan fingerprint density at radius 3 is 2.55 bits per heavy atom. The molecule has 0 aliphatic heterocycles. The zero-order chi connectivity index (χ0) is 22.0. The summed E-state index contributed by atoms with van der Waals surface area (Å²) in [6.07, 6.45) is 0. The first-order valence-electron chi connectivity index (χ1n) is 9.20. The zero-order valence-corrected chi connectivity index (χ0v) is 18.1. The van der Waals surface area contributed by atoms with Crippen molar-refractivity contribution >= 4 is 39.8 Å². The molecule has 4 aromatic rings. The molecule has 0 saturated carbocycles. The Hall–Kier alpha value is -3.56. The van der Waals surface area contributed by atoms with E-state index in [0.29, 0.717) is 21.6 Å². The Labute approximate surface area is 186 Å². The molecule has 0 amide bonds. The lowest BCUT2D eigenvalue weighted by Gasteiger charge is -2.04. The third-order valence-electron chi connectivity index (χ3n) is 4.56. The van der Waals surface area contributed by atoms with Crippen LogP contribution in [0.25, 0.3) is 16.9 Å². The quantitative estimate of drug-likeness (QED) is 0.319. The van der Waals surface area contributed by atoms with Gasteiger partial charge in [0.2, 0.25) is 5.13 Å². The van der Waals surface area contributed by atoms with Gasteiger partial charge in [-0.05, 0) is 50.2 Å². The second kappa shape index (κ2) is 8.66. The summed E-state index contributed by atoms with van der Waals surface area (Å²) in [6, 6.07) is 13.9. The van der Waals surface area contributed by atoms with E-state index >= 15 is 0 Å². The second-order valence-electron chi connectivity index (χ2n) is 6.64. The smallest absolute Gasteiger partial charge is 0.335 e. The molecule has 2 heterocycles. The highest BCUT2D eigenvalue weighted by Gasteiger charge is 2.14. The van der Waals surface area contributed by atoms with Crippen molar-refractivity contribution < 1.29 is 9.90 Å². The third-order valence-corrected chi connectivity index (χ3v) is 5.56. The van der Waals surface area contributed by atoms with Gasteiger partial charge in [-0.3, -0.25) is 5.43 Å². The molecule has 0 saturated heterocycles. The van der Waals surface area contributed by atoms with Gasteiger partial charge in [-0.2, -0.15) is 5.10 Å². The number of carboxylic acid groups (broad SMARTS) is 1. The van der Waals surface area contributed by atoms with Crippen molar-refractivity contribution in [3.05, 3.63) is 75.9 Å². The summed E-state index contributed by atoms with van der Waals surface area (Å²) in [6.45, 7) is 3.71. The molecule has 2 aromatic heterocycles. The summed E-state index contributed by atoms with van der Waals surface area (Å²) in [5.74, 6) is -0.974. The van der Waals surface area contributed by atoms with Gasteiger partial charge in [-0.1, -0.05) is 28.9 Å². The molecule has 0 aliphatic carbocycles. The molecule has 8 nitrogen and oxygen atoms in total. The summed E-state index contributed by atoms with van der Waals surface area (Å²) in [4.78, 5) is 15.6. The molecule has 0 atom stereocenters. The van der Waals surface area contributed by atoms with Crippen LogP contribution in [0.5, 0.6) is 0 Å². The third kappa shape index (κ3) is 4.47. The topological polar surface area (TPSA) is 105 Å². The molecule has 4 rings (SSSR count). The normalized spacial score (nSPS) is 11.5. The molecule has 2 aromatic carbocycles. The molecule has 2 N–H and O–H groups in total. The largest absolute Gasteiger partial charge is 0.478 e. The van der Waals surface area contributed by atoms with Crippen molar-refractivity contribution in [3.8, 4) is 16.9 Å². The monoisotopic (exact) mass is 452 g/mol. The molecule has 0 fully saturated rings. The van der Waals surface area contributed by atoms with Crippen molar-refractivity contribution in [2.45, 2.75) is 13.8 Å². The number of hydrazone groups is 1. The van der Waals surface area contributed by atoms with Crippen molar-refractivity contribution in [3.63, 3.8) is 0 Å². The minimum absolute atomic E-state index is 0.213.